The summed E-state index contributed by atoms with van der Waals surface area (Å²) in [6.45, 7) is 3.29. The summed E-state index contributed by atoms with van der Waals surface area (Å²) in [5.74, 6) is 0.139. The number of fused-ring (bicyclic) bond motifs is 1. The lowest BCUT2D eigenvalue weighted by molar-refractivity contribution is -0.115. The van der Waals surface area contributed by atoms with Gasteiger partial charge in [-0.25, -0.2) is 9.37 Å². The number of rotatable bonds is 7. The highest BCUT2D eigenvalue weighted by Gasteiger charge is 2.15. The lowest BCUT2D eigenvalue weighted by atomic mass is 10.1. The van der Waals surface area contributed by atoms with Crippen molar-refractivity contribution < 1.29 is 14.0 Å². The number of imidazole rings is 1. The summed E-state index contributed by atoms with van der Waals surface area (Å²) in [6, 6.07) is 19.4. The molecule has 168 valence electrons. The molecule has 1 unspecified atom stereocenters. The highest BCUT2D eigenvalue weighted by atomic mass is 32.2. The number of carbonyl (C=O) groups is 2. The van der Waals surface area contributed by atoms with Gasteiger partial charge in [-0.2, -0.15) is 0 Å². The van der Waals surface area contributed by atoms with Crippen molar-refractivity contribution in [3.8, 4) is 0 Å². The summed E-state index contributed by atoms with van der Waals surface area (Å²) in [6.07, 6.45) is 0.359. The quantitative estimate of drug-likeness (QED) is 0.322. The van der Waals surface area contributed by atoms with Crippen molar-refractivity contribution in [2.24, 2.45) is 0 Å². The first-order chi connectivity index (χ1) is 15.9. The maximum Gasteiger partial charge on any atom is 0.237 e. The predicted octanol–water partition coefficient (Wildman–Crippen LogP) is 5.37. The molecule has 0 saturated carbocycles. The van der Waals surface area contributed by atoms with Crippen LogP contribution in [0.1, 0.15) is 25.2 Å². The first kappa shape index (κ1) is 22.5. The lowest BCUT2D eigenvalue weighted by Gasteiger charge is -2.12. The summed E-state index contributed by atoms with van der Waals surface area (Å²) >= 11 is 1.43. The first-order valence-corrected chi connectivity index (χ1v) is 11.3. The van der Waals surface area contributed by atoms with E-state index >= 15 is 0 Å². The van der Waals surface area contributed by atoms with Gasteiger partial charge in [0.2, 0.25) is 11.8 Å². The summed E-state index contributed by atoms with van der Waals surface area (Å²) in [7, 11) is 0. The summed E-state index contributed by atoms with van der Waals surface area (Å²) in [5, 5.41) is 5.33. The topological polar surface area (TPSA) is 86.9 Å². The van der Waals surface area contributed by atoms with Crippen LogP contribution in [0.15, 0.2) is 71.6 Å². The van der Waals surface area contributed by atoms with E-state index in [0.717, 1.165) is 15.9 Å². The summed E-state index contributed by atoms with van der Waals surface area (Å²) < 4.78 is 13.9. The van der Waals surface area contributed by atoms with Crippen molar-refractivity contribution in [2.75, 3.05) is 10.6 Å². The Morgan fingerprint density at radius 3 is 2.48 bits per heavy atom. The van der Waals surface area contributed by atoms with Gasteiger partial charge in [0.15, 0.2) is 0 Å². The summed E-state index contributed by atoms with van der Waals surface area (Å²) in [5.41, 5.74) is 3.46. The van der Waals surface area contributed by atoms with Gasteiger partial charge in [-0.05, 0) is 61.0 Å². The van der Waals surface area contributed by atoms with Crippen LogP contribution >= 0.6 is 11.8 Å². The highest BCUT2D eigenvalue weighted by molar-refractivity contribution is 8.00. The fraction of sp³-hybridized carbons (Fsp3) is 0.160. The third kappa shape index (κ3) is 5.78. The second-order valence-electron chi connectivity index (χ2n) is 7.64. The molecule has 33 heavy (non-hydrogen) atoms. The number of hydrogen-bond donors (Lipinski definition) is 3. The second kappa shape index (κ2) is 9.87. The number of halogens is 1. The fourth-order valence-electron chi connectivity index (χ4n) is 3.37. The average molecular weight is 463 g/mol. The maximum atomic E-state index is 13.9. The molecule has 4 rings (SSSR count). The van der Waals surface area contributed by atoms with Crippen LogP contribution in [0.2, 0.25) is 0 Å². The number of nitrogens with one attached hydrogen (secondary N) is 3. The lowest BCUT2D eigenvalue weighted by Crippen LogP contribution is -2.22. The molecular formula is C25H23FN4O2S. The zero-order valence-electron chi connectivity index (χ0n) is 18.2. The Labute approximate surface area is 195 Å². The van der Waals surface area contributed by atoms with Crippen molar-refractivity contribution >= 4 is 46.0 Å². The monoisotopic (exact) mass is 462 g/mol. The molecule has 1 aromatic heterocycles. The number of carbonyl (C=O) groups excluding carboxylic acids is 2. The second-order valence-corrected chi connectivity index (χ2v) is 9.05. The van der Waals surface area contributed by atoms with Crippen molar-refractivity contribution in [3.63, 3.8) is 0 Å². The van der Waals surface area contributed by atoms with E-state index in [1.807, 2.05) is 31.2 Å². The van der Waals surface area contributed by atoms with Gasteiger partial charge in [0.25, 0.3) is 0 Å². The van der Waals surface area contributed by atoms with Crippen molar-refractivity contribution in [1.82, 2.24) is 9.97 Å². The summed E-state index contributed by atoms with van der Waals surface area (Å²) in [4.78, 5) is 32.5. The Balaban J connectivity index is 1.39. The number of amides is 2. The van der Waals surface area contributed by atoms with Gasteiger partial charge in [-0.15, -0.1) is 11.8 Å². The van der Waals surface area contributed by atoms with Gasteiger partial charge in [0.05, 0.1) is 16.3 Å². The molecular weight excluding hydrogens is 439 g/mol. The molecule has 0 aliphatic heterocycles. The number of anilines is 2. The molecule has 0 radical (unpaired) electrons. The van der Waals surface area contributed by atoms with Crippen LogP contribution in [-0.4, -0.2) is 27.0 Å². The van der Waals surface area contributed by atoms with Crippen LogP contribution in [0, 0.1) is 5.82 Å². The minimum atomic E-state index is -0.328. The van der Waals surface area contributed by atoms with E-state index in [4.69, 9.17) is 0 Å². The van der Waals surface area contributed by atoms with E-state index in [0.29, 0.717) is 29.2 Å². The smallest absolute Gasteiger partial charge is 0.237 e. The van der Waals surface area contributed by atoms with Crippen LogP contribution in [-0.2, 0) is 16.0 Å². The standard InChI is InChI=1S/C25H23FN4O2S/c1-15(33-20-10-7-18(8-11-20)27-16(2)31)25(32)28-19-9-12-22-23(14-19)30-24(29-22)13-17-5-3-4-6-21(17)26/h3-12,14-15H,13H2,1-2H3,(H,27,31)(H,28,32)(H,29,30). The first-order valence-electron chi connectivity index (χ1n) is 10.4. The SMILES string of the molecule is CC(=O)Nc1ccc(SC(C)C(=O)Nc2ccc3nc(Cc4ccccc4F)[nH]c3c2)cc1. The minimum Gasteiger partial charge on any atom is -0.342 e. The highest BCUT2D eigenvalue weighted by Crippen LogP contribution is 2.26. The molecule has 0 saturated heterocycles. The molecule has 1 heterocycles. The molecule has 1 atom stereocenters. The van der Waals surface area contributed by atoms with E-state index in [2.05, 4.69) is 20.6 Å². The van der Waals surface area contributed by atoms with Crippen molar-refractivity contribution in [2.45, 2.75) is 30.4 Å². The van der Waals surface area contributed by atoms with Gasteiger partial charge >= 0.3 is 0 Å². The number of benzene rings is 3. The zero-order valence-corrected chi connectivity index (χ0v) is 19.0. The van der Waals surface area contributed by atoms with E-state index in [-0.39, 0.29) is 22.9 Å². The van der Waals surface area contributed by atoms with Gasteiger partial charge < -0.3 is 15.6 Å². The van der Waals surface area contributed by atoms with Crippen LogP contribution in [0.3, 0.4) is 0 Å². The minimum absolute atomic E-state index is 0.128. The van der Waals surface area contributed by atoms with E-state index in [1.54, 1.807) is 36.4 Å². The van der Waals surface area contributed by atoms with E-state index < -0.39 is 0 Å². The van der Waals surface area contributed by atoms with Gasteiger partial charge in [0.1, 0.15) is 11.6 Å². The Kier molecular flexibility index (Phi) is 6.74. The number of nitrogens with zero attached hydrogens (tertiary/aromatic N) is 1. The van der Waals surface area contributed by atoms with Gasteiger partial charge in [-0.1, -0.05) is 18.2 Å². The molecule has 8 heteroatoms. The molecule has 0 aliphatic rings. The Hall–Kier alpha value is -3.65. The maximum absolute atomic E-state index is 13.9. The number of thioether (sulfide) groups is 1. The molecule has 0 aliphatic carbocycles. The van der Waals surface area contributed by atoms with E-state index in [9.17, 15) is 14.0 Å². The Bertz CT molecular complexity index is 1300. The van der Waals surface area contributed by atoms with Crippen LogP contribution in [0.4, 0.5) is 15.8 Å². The van der Waals surface area contributed by atoms with E-state index in [1.165, 1.54) is 24.8 Å². The Morgan fingerprint density at radius 2 is 1.76 bits per heavy atom. The molecule has 0 bridgehead atoms. The number of aromatic nitrogens is 2. The van der Waals surface area contributed by atoms with Crippen molar-refractivity contribution in [3.05, 3.63) is 83.9 Å². The predicted molar refractivity (Wildman–Crippen MR) is 130 cm³/mol. The number of aromatic amines is 1. The molecule has 3 N–H and O–H groups in total. The number of H-pyrrole nitrogens is 1. The molecule has 3 aromatic carbocycles. The largest absolute Gasteiger partial charge is 0.342 e. The molecule has 0 fully saturated rings. The van der Waals surface area contributed by atoms with Crippen LogP contribution in [0.5, 0.6) is 0 Å². The average Bonchev–Trinajstić information content (AvgIpc) is 3.18. The third-order valence-electron chi connectivity index (χ3n) is 4.97. The third-order valence-corrected chi connectivity index (χ3v) is 6.08. The molecule has 0 spiro atoms. The Morgan fingerprint density at radius 1 is 1.03 bits per heavy atom. The molecule has 2 amide bonds. The van der Waals surface area contributed by atoms with Gasteiger partial charge in [0, 0.05) is 29.6 Å². The normalized spacial score (nSPS) is 11.8. The fourth-order valence-corrected chi connectivity index (χ4v) is 4.24. The molecule has 6 nitrogen and oxygen atoms in total. The molecule has 4 aromatic rings. The van der Waals surface area contributed by atoms with Crippen molar-refractivity contribution in [1.29, 1.82) is 0 Å². The van der Waals surface area contributed by atoms with Crippen LogP contribution < -0.4 is 10.6 Å². The number of hydrogen-bond acceptors (Lipinski definition) is 4. The zero-order chi connectivity index (χ0) is 23.4. The van der Waals surface area contributed by atoms with Gasteiger partial charge in [-0.3, -0.25) is 9.59 Å². The van der Waals surface area contributed by atoms with Crippen LogP contribution in [0.25, 0.3) is 11.0 Å².